The summed E-state index contributed by atoms with van der Waals surface area (Å²) in [6.07, 6.45) is 1.05. The third-order valence-electron chi connectivity index (χ3n) is 4.69. The predicted molar refractivity (Wildman–Crippen MR) is 111 cm³/mol. The van der Waals surface area contributed by atoms with E-state index in [-0.39, 0.29) is 28.5 Å². The molecule has 32 heavy (non-hydrogen) atoms. The first kappa shape index (κ1) is 23.7. The van der Waals surface area contributed by atoms with Crippen LogP contribution in [0.25, 0.3) is 11.1 Å². The van der Waals surface area contributed by atoms with Crippen LogP contribution in [0, 0.1) is 5.82 Å². The van der Waals surface area contributed by atoms with E-state index in [9.17, 15) is 24.2 Å². The Balaban J connectivity index is 1.80. The number of nitrogens with zero attached hydrogens (tertiary/aromatic N) is 2. The number of esters is 1. The number of hydrogen-bond donors (Lipinski definition) is 3. The predicted octanol–water partition coefficient (Wildman–Crippen LogP) is 1.15. The van der Waals surface area contributed by atoms with Crippen molar-refractivity contribution in [2.75, 3.05) is 19.8 Å². The van der Waals surface area contributed by atoms with Crippen LogP contribution in [0.4, 0.5) is 4.39 Å². The van der Waals surface area contributed by atoms with E-state index >= 15 is 0 Å². The zero-order chi connectivity index (χ0) is 23.5. The molecule has 172 valence electrons. The number of carbonyl (C=O) groups excluding carboxylic acids is 1. The Hall–Kier alpha value is -2.99. The van der Waals surface area contributed by atoms with E-state index in [0.29, 0.717) is 5.69 Å². The molecule has 2 aromatic heterocycles. The molecule has 3 aromatic rings. The second-order valence-electron chi connectivity index (χ2n) is 7.21. The van der Waals surface area contributed by atoms with Crippen LogP contribution in [-0.2, 0) is 16.1 Å². The molecular formula is C20H21ClFN3O7. The van der Waals surface area contributed by atoms with Crippen molar-refractivity contribution in [1.29, 1.82) is 0 Å². The molecule has 0 saturated heterocycles. The lowest BCUT2D eigenvalue weighted by Gasteiger charge is -2.24. The number of aromatic nitrogens is 2. The van der Waals surface area contributed by atoms with E-state index in [4.69, 9.17) is 31.2 Å². The summed E-state index contributed by atoms with van der Waals surface area (Å²) in [5, 5.41) is 18.5. The minimum absolute atomic E-state index is 0.00424. The van der Waals surface area contributed by atoms with Gasteiger partial charge in [-0.05, 0) is 25.1 Å². The molecule has 1 aromatic carbocycles. The first-order valence-electron chi connectivity index (χ1n) is 9.42. The van der Waals surface area contributed by atoms with Gasteiger partial charge in [-0.15, -0.1) is 0 Å². The van der Waals surface area contributed by atoms with Crippen molar-refractivity contribution >= 4 is 28.7 Å². The van der Waals surface area contributed by atoms with E-state index in [1.165, 1.54) is 31.2 Å². The molecule has 0 aliphatic heterocycles. The highest BCUT2D eigenvalue weighted by atomic mass is 35.5. The first-order chi connectivity index (χ1) is 15.2. The van der Waals surface area contributed by atoms with Crippen LogP contribution in [0.2, 0.25) is 5.02 Å². The smallest absolute Gasteiger partial charge is 0.420 e. The minimum atomic E-state index is -1.51. The summed E-state index contributed by atoms with van der Waals surface area (Å²) in [5.74, 6) is -1.94. The Morgan fingerprint density at radius 3 is 2.72 bits per heavy atom. The highest BCUT2D eigenvalue weighted by Gasteiger charge is 2.29. The highest BCUT2D eigenvalue weighted by molar-refractivity contribution is 6.32. The van der Waals surface area contributed by atoms with Crippen LogP contribution in [0.3, 0.4) is 0 Å². The van der Waals surface area contributed by atoms with Gasteiger partial charge < -0.3 is 29.8 Å². The normalized spacial score (nSPS) is 12.7. The van der Waals surface area contributed by atoms with Gasteiger partial charge in [0.05, 0.1) is 41.2 Å². The number of carbonyl (C=O) groups is 1. The molecule has 1 atom stereocenters. The molecule has 12 heteroatoms. The van der Waals surface area contributed by atoms with E-state index in [1.807, 2.05) is 0 Å². The van der Waals surface area contributed by atoms with Gasteiger partial charge in [-0.1, -0.05) is 11.6 Å². The van der Waals surface area contributed by atoms with Gasteiger partial charge in [0.25, 0.3) is 0 Å². The van der Waals surface area contributed by atoms with E-state index in [1.54, 1.807) is 0 Å². The molecule has 3 rings (SSSR count). The van der Waals surface area contributed by atoms with E-state index in [2.05, 4.69) is 4.98 Å². The van der Waals surface area contributed by atoms with Crippen LogP contribution >= 0.6 is 11.6 Å². The fraction of sp³-hybridized carbons (Fsp3) is 0.350. The maximum absolute atomic E-state index is 13.0. The number of pyridine rings is 1. The average Bonchev–Trinajstić information content (AvgIpc) is 3.10. The molecule has 1 unspecified atom stereocenters. The monoisotopic (exact) mass is 469 g/mol. The lowest BCUT2D eigenvalue weighted by atomic mass is 10.1. The SMILES string of the molecule is CC(C(=O)OCC(N)(CO)CO)n1c(=O)oc2cc(OCc3ccc(F)cn3)c(Cl)cc21. The van der Waals surface area contributed by atoms with Gasteiger partial charge in [-0.25, -0.2) is 14.0 Å². The zero-order valence-corrected chi connectivity index (χ0v) is 17.7. The number of aliphatic hydroxyl groups is 2. The van der Waals surface area contributed by atoms with Crippen molar-refractivity contribution < 1.29 is 33.3 Å². The summed E-state index contributed by atoms with van der Waals surface area (Å²) in [5.41, 5.74) is 4.97. The Morgan fingerprint density at radius 2 is 2.09 bits per heavy atom. The molecule has 0 bridgehead atoms. The maximum atomic E-state index is 13.0. The number of hydrogen-bond acceptors (Lipinski definition) is 9. The number of aliphatic hydroxyl groups excluding tert-OH is 2. The molecule has 4 N–H and O–H groups in total. The standard InChI is InChI=1S/C20H21ClFN3O7/c1-11(18(28)31-10-20(23,8-26)9-27)25-15-4-14(21)16(5-17(15)32-19(25)29)30-7-13-3-2-12(22)6-24-13/h2-6,11,26-27H,7-10,23H2,1H3. The van der Waals surface area contributed by atoms with Crippen LogP contribution in [0.1, 0.15) is 18.7 Å². The Bertz CT molecular complexity index is 1160. The van der Waals surface area contributed by atoms with Crippen molar-refractivity contribution in [3.8, 4) is 5.75 Å². The summed E-state index contributed by atoms with van der Waals surface area (Å²) in [7, 11) is 0. The number of fused-ring (bicyclic) bond motifs is 1. The van der Waals surface area contributed by atoms with Gasteiger partial charge in [-0.3, -0.25) is 9.55 Å². The van der Waals surface area contributed by atoms with Gasteiger partial charge in [-0.2, -0.15) is 0 Å². The number of benzene rings is 1. The molecule has 0 spiro atoms. The van der Waals surface area contributed by atoms with Gasteiger partial charge >= 0.3 is 11.7 Å². The molecular weight excluding hydrogens is 449 g/mol. The maximum Gasteiger partial charge on any atom is 0.420 e. The second kappa shape index (κ2) is 9.65. The first-order valence-corrected chi connectivity index (χ1v) is 9.80. The number of oxazole rings is 1. The van der Waals surface area contributed by atoms with Crippen LogP contribution in [-0.4, -0.2) is 51.1 Å². The summed E-state index contributed by atoms with van der Waals surface area (Å²) < 4.78 is 29.9. The van der Waals surface area contributed by atoms with Crippen molar-refractivity contribution in [3.05, 3.63) is 57.5 Å². The van der Waals surface area contributed by atoms with E-state index in [0.717, 1.165) is 10.8 Å². The van der Waals surface area contributed by atoms with Crippen molar-refractivity contribution in [3.63, 3.8) is 0 Å². The largest absolute Gasteiger partial charge is 0.486 e. The third-order valence-corrected chi connectivity index (χ3v) is 4.99. The van der Waals surface area contributed by atoms with Crippen LogP contribution in [0.15, 0.2) is 39.7 Å². The van der Waals surface area contributed by atoms with Gasteiger partial charge in [0.15, 0.2) is 5.58 Å². The summed E-state index contributed by atoms with van der Waals surface area (Å²) in [4.78, 5) is 28.7. The summed E-state index contributed by atoms with van der Waals surface area (Å²) in [6.45, 7) is -0.260. The van der Waals surface area contributed by atoms with Crippen molar-refractivity contribution in [2.24, 2.45) is 5.73 Å². The van der Waals surface area contributed by atoms with Crippen LogP contribution < -0.4 is 16.2 Å². The molecule has 0 fully saturated rings. The van der Waals surface area contributed by atoms with Gasteiger partial charge in [0.2, 0.25) is 0 Å². The number of halogens is 2. The van der Waals surface area contributed by atoms with Gasteiger partial charge in [0.1, 0.15) is 30.8 Å². The lowest BCUT2D eigenvalue weighted by molar-refractivity contribution is -0.150. The fourth-order valence-corrected chi connectivity index (χ4v) is 2.95. The average molecular weight is 470 g/mol. The summed E-state index contributed by atoms with van der Waals surface area (Å²) in [6, 6.07) is 4.37. The Labute approximate surface area is 185 Å². The molecule has 10 nitrogen and oxygen atoms in total. The molecule has 0 radical (unpaired) electrons. The topological polar surface area (TPSA) is 150 Å². The summed E-state index contributed by atoms with van der Waals surface area (Å²) >= 11 is 6.27. The highest BCUT2D eigenvalue weighted by Crippen LogP contribution is 2.31. The lowest BCUT2D eigenvalue weighted by Crippen LogP contribution is -2.52. The number of rotatable bonds is 9. The van der Waals surface area contributed by atoms with Crippen molar-refractivity contribution in [1.82, 2.24) is 9.55 Å². The minimum Gasteiger partial charge on any atom is -0.486 e. The van der Waals surface area contributed by atoms with Crippen molar-refractivity contribution in [2.45, 2.75) is 25.1 Å². The second-order valence-corrected chi connectivity index (χ2v) is 7.61. The quantitative estimate of drug-likeness (QED) is 0.392. The van der Waals surface area contributed by atoms with E-state index < -0.39 is 48.9 Å². The number of ether oxygens (including phenoxy) is 2. The molecule has 0 amide bonds. The molecule has 2 heterocycles. The molecule has 0 aliphatic rings. The van der Waals surface area contributed by atoms with Crippen LogP contribution in [0.5, 0.6) is 5.75 Å². The third kappa shape index (κ3) is 5.07. The number of nitrogens with two attached hydrogens (primary N) is 1. The zero-order valence-electron chi connectivity index (χ0n) is 17.0. The molecule has 0 aliphatic carbocycles. The Kier molecular flexibility index (Phi) is 7.14. The Morgan fingerprint density at radius 1 is 1.38 bits per heavy atom. The molecule has 0 saturated carbocycles. The fourth-order valence-electron chi connectivity index (χ4n) is 2.74. The van der Waals surface area contributed by atoms with Gasteiger partial charge in [0, 0.05) is 6.07 Å².